The molecule has 3 heteroatoms. The first-order chi connectivity index (χ1) is 11.5. The van der Waals surface area contributed by atoms with E-state index in [1.807, 2.05) is 12.1 Å². The fourth-order valence-electron chi connectivity index (χ4n) is 4.28. The van der Waals surface area contributed by atoms with Crippen LogP contribution in [-0.2, 0) is 6.42 Å². The van der Waals surface area contributed by atoms with Crippen molar-refractivity contribution in [3.05, 3.63) is 29.5 Å². The maximum absolute atomic E-state index is 9.78. The molecule has 2 aromatic rings. The van der Waals surface area contributed by atoms with Crippen molar-refractivity contribution in [3.63, 3.8) is 0 Å². The first-order valence-electron chi connectivity index (χ1n) is 9.62. The van der Waals surface area contributed by atoms with Gasteiger partial charge in [-0.1, -0.05) is 33.6 Å². The summed E-state index contributed by atoms with van der Waals surface area (Å²) in [5.41, 5.74) is 4.03. The Morgan fingerprint density at radius 2 is 1.96 bits per heavy atom. The normalized spacial score (nSPS) is 28.7. The average Bonchev–Trinajstić information content (AvgIpc) is 2.90. The van der Waals surface area contributed by atoms with E-state index in [1.165, 1.54) is 48.0 Å². The summed E-state index contributed by atoms with van der Waals surface area (Å²) < 4.78 is 0. The van der Waals surface area contributed by atoms with Gasteiger partial charge in [-0.2, -0.15) is 0 Å². The number of hydrogen-bond acceptors (Lipinski definition) is 2. The third-order valence-corrected chi connectivity index (χ3v) is 5.80. The molecule has 1 aromatic carbocycles. The molecule has 3 unspecified atom stereocenters. The second kappa shape index (κ2) is 7.18. The predicted octanol–water partition coefficient (Wildman–Crippen LogP) is 5.05. The summed E-state index contributed by atoms with van der Waals surface area (Å²) in [5.74, 6) is 1.74. The number of rotatable bonds is 1. The van der Waals surface area contributed by atoms with Crippen LogP contribution in [0.5, 0.6) is 5.75 Å². The Bertz CT molecular complexity index is 688. The zero-order valence-corrected chi connectivity index (χ0v) is 15.6. The molecule has 24 heavy (non-hydrogen) atoms. The Kier molecular flexibility index (Phi) is 5.19. The predicted molar refractivity (Wildman–Crippen MR) is 102 cm³/mol. The van der Waals surface area contributed by atoms with Crippen LogP contribution in [0.2, 0.25) is 0 Å². The number of phenols is 1. The minimum absolute atomic E-state index is 0.369. The largest absolute Gasteiger partial charge is 0.508 e. The van der Waals surface area contributed by atoms with E-state index in [-0.39, 0.29) is 0 Å². The topological polar surface area (TPSA) is 39.3 Å². The van der Waals surface area contributed by atoms with Crippen molar-refractivity contribution in [2.45, 2.75) is 65.3 Å². The highest BCUT2D eigenvalue weighted by Crippen LogP contribution is 2.41. The van der Waals surface area contributed by atoms with Gasteiger partial charge in [0.15, 0.2) is 0 Å². The van der Waals surface area contributed by atoms with Gasteiger partial charge in [0.25, 0.3) is 0 Å². The molecule has 0 aliphatic carbocycles. The van der Waals surface area contributed by atoms with Gasteiger partial charge in [0.2, 0.25) is 0 Å². The first kappa shape index (κ1) is 17.3. The SMILES string of the molecule is CC1C2C[C@H](C)CN1CCc1c2[nH]c2ccc(O)cc12.CCCC. The van der Waals surface area contributed by atoms with E-state index in [1.54, 1.807) is 6.07 Å². The van der Waals surface area contributed by atoms with Crippen LogP contribution in [0.15, 0.2) is 18.2 Å². The molecule has 4 rings (SSSR count). The molecule has 2 aliphatic rings. The van der Waals surface area contributed by atoms with E-state index in [0.717, 1.165) is 18.9 Å². The van der Waals surface area contributed by atoms with Gasteiger partial charge in [-0.05, 0) is 49.4 Å². The number of benzene rings is 1. The van der Waals surface area contributed by atoms with Crippen molar-refractivity contribution in [2.75, 3.05) is 13.1 Å². The highest BCUT2D eigenvalue weighted by Gasteiger charge is 2.37. The Morgan fingerprint density at radius 1 is 1.21 bits per heavy atom. The fraction of sp³-hybridized carbons (Fsp3) is 0.619. The number of fused-ring (bicyclic) bond motifs is 6. The van der Waals surface area contributed by atoms with Gasteiger partial charge < -0.3 is 10.1 Å². The summed E-state index contributed by atoms with van der Waals surface area (Å²) in [5, 5.41) is 11.0. The number of nitrogens with one attached hydrogen (secondary N) is 1. The molecule has 2 aliphatic heterocycles. The van der Waals surface area contributed by atoms with E-state index in [4.69, 9.17) is 0 Å². The summed E-state index contributed by atoms with van der Waals surface area (Å²) in [6.07, 6.45) is 5.00. The van der Waals surface area contributed by atoms with Gasteiger partial charge in [0, 0.05) is 41.6 Å². The van der Waals surface area contributed by atoms with Crippen LogP contribution in [0.4, 0.5) is 0 Å². The van der Waals surface area contributed by atoms with Crippen molar-refractivity contribution in [2.24, 2.45) is 5.92 Å². The van der Waals surface area contributed by atoms with E-state index in [0.29, 0.717) is 17.7 Å². The maximum atomic E-state index is 9.78. The number of aromatic hydroxyl groups is 1. The average molecular weight is 329 g/mol. The Labute approximate surface area is 146 Å². The zero-order chi connectivity index (χ0) is 17.3. The van der Waals surface area contributed by atoms with E-state index in [2.05, 4.69) is 37.6 Å². The molecule has 3 heterocycles. The number of aromatic amines is 1. The molecule has 0 spiro atoms. The van der Waals surface area contributed by atoms with Gasteiger partial charge in [-0.15, -0.1) is 0 Å². The van der Waals surface area contributed by atoms with Crippen LogP contribution in [0, 0.1) is 5.92 Å². The quantitative estimate of drug-likeness (QED) is 0.769. The van der Waals surface area contributed by atoms with Gasteiger partial charge in [0.1, 0.15) is 5.75 Å². The minimum Gasteiger partial charge on any atom is -0.508 e. The van der Waals surface area contributed by atoms with Gasteiger partial charge in [-0.25, -0.2) is 0 Å². The number of hydrogen-bond donors (Lipinski definition) is 2. The highest BCUT2D eigenvalue weighted by atomic mass is 16.3. The standard InChI is InChI=1S/C17H22N2O.C4H10/c1-10-7-14-11(2)19(9-10)6-5-13-15-8-12(20)3-4-16(15)18-17(13)14;1-3-4-2/h3-4,8,10-11,14,18,20H,5-7,9H2,1-2H3;3-4H2,1-2H3/t10-,11?,14?;/m0./s1. The summed E-state index contributed by atoms with van der Waals surface area (Å²) >= 11 is 0. The Balaban J connectivity index is 0.000000383. The summed E-state index contributed by atoms with van der Waals surface area (Å²) in [6, 6.07) is 6.32. The van der Waals surface area contributed by atoms with Gasteiger partial charge in [0.05, 0.1) is 0 Å². The molecule has 4 atom stereocenters. The molecule has 1 saturated heterocycles. The minimum atomic E-state index is 0.369. The number of aromatic nitrogens is 1. The van der Waals surface area contributed by atoms with Crippen LogP contribution >= 0.6 is 0 Å². The van der Waals surface area contributed by atoms with Crippen LogP contribution in [-0.4, -0.2) is 34.1 Å². The number of nitrogens with zero attached hydrogens (tertiary/aromatic N) is 1. The molecule has 132 valence electrons. The van der Waals surface area contributed by atoms with Gasteiger partial charge in [-0.3, -0.25) is 4.90 Å². The van der Waals surface area contributed by atoms with Crippen molar-refractivity contribution in [1.82, 2.24) is 9.88 Å². The molecular formula is C21H32N2O. The maximum Gasteiger partial charge on any atom is 0.116 e. The third kappa shape index (κ3) is 3.19. The highest BCUT2D eigenvalue weighted by molar-refractivity contribution is 5.86. The van der Waals surface area contributed by atoms with Crippen molar-refractivity contribution < 1.29 is 5.11 Å². The van der Waals surface area contributed by atoms with Crippen molar-refractivity contribution in [3.8, 4) is 5.75 Å². The number of unbranched alkanes of at least 4 members (excludes halogenated alkanes) is 1. The second-order valence-electron chi connectivity index (χ2n) is 7.68. The van der Waals surface area contributed by atoms with E-state index >= 15 is 0 Å². The van der Waals surface area contributed by atoms with Crippen molar-refractivity contribution >= 4 is 10.9 Å². The van der Waals surface area contributed by atoms with Crippen LogP contribution in [0.3, 0.4) is 0 Å². The van der Waals surface area contributed by atoms with E-state index < -0.39 is 0 Å². The Hall–Kier alpha value is -1.48. The molecule has 0 radical (unpaired) electrons. The van der Waals surface area contributed by atoms with Crippen LogP contribution in [0.25, 0.3) is 10.9 Å². The molecule has 2 bridgehead atoms. The summed E-state index contributed by atoms with van der Waals surface area (Å²) in [6.45, 7) is 11.5. The zero-order valence-electron chi connectivity index (χ0n) is 15.6. The molecule has 3 nitrogen and oxygen atoms in total. The van der Waals surface area contributed by atoms with Crippen molar-refractivity contribution in [1.29, 1.82) is 0 Å². The smallest absolute Gasteiger partial charge is 0.116 e. The summed E-state index contributed by atoms with van der Waals surface area (Å²) in [7, 11) is 0. The number of piperidine rings is 1. The fourth-order valence-corrected chi connectivity index (χ4v) is 4.28. The lowest BCUT2D eigenvalue weighted by Crippen LogP contribution is -2.44. The molecule has 2 N–H and O–H groups in total. The molecule has 1 aromatic heterocycles. The number of H-pyrrole nitrogens is 1. The van der Waals surface area contributed by atoms with Crippen LogP contribution in [0.1, 0.15) is 64.1 Å². The Morgan fingerprint density at radius 3 is 2.67 bits per heavy atom. The summed E-state index contributed by atoms with van der Waals surface area (Å²) in [4.78, 5) is 6.29. The molecule has 0 amide bonds. The molecular weight excluding hydrogens is 296 g/mol. The van der Waals surface area contributed by atoms with Crippen LogP contribution < -0.4 is 0 Å². The lowest BCUT2D eigenvalue weighted by molar-refractivity contribution is 0.110. The molecule has 1 fully saturated rings. The third-order valence-electron chi connectivity index (χ3n) is 5.80. The van der Waals surface area contributed by atoms with Gasteiger partial charge >= 0.3 is 0 Å². The number of phenolic OH excluding ortho intramolecular Hbond substituents is 1. The van der Waals surface area contributed by atoms with E-state index in [9.17, 15) is 5.11 Å². The first-order valence-corrected chi connectivity index (χ1v) is 9.62. The monoisotopic (exact) mass is 328 g/mol. The molecule has 0 saturated carbocycles. The second-order valence-corrected chi connectivity index (χ2v) is 7.68. The lowest BCUT2D eigenvalue weighted by atomic mass is 9.82. The lowest BCUT2D eigenvalue weighted by Gasteiger charge is -2.40.